The molecule has 0 spiro atoms. The first kappa shape index (κ1) is 16.2. The van der Waals surface area contributed by atoms with Crippen LogP contribution in [0.4, 0.5) is 0 Å². The number of nitrogens with zero attached hydrogens (tertiary/aromatic N) is 3. The fourth-order valence-electron chi connectivity index (χ4n) is 2.80. The van der Waals surface area contributed by atoms with E-state index in [9.17, 15) is 10.4 Å². The first-order chi connectivity index (χ1) is 10.8. The van der Waals surface area contributed by atoms with Crippen molar-refractivity contribution in [3.63, 3.8) is 0 Å². The van der Waals surface area contributed by atoms with Crippen LogP contribution in [0.25, 0.3) is 0 Å². The zero-order valence-corrected chi connectivity index (χ0v) is 14.1. The lowest BCUT2D eigenvalue weighted by molar-refractivity contribution is -0.544. The van der Waals surface area contributed by atoms with Crippen molar-refractivity contribution in [2.24, 2.45) is 0 Å². The van der Waals surface area contributed by atoms with Crippen molar-refractivity contribution in [1.82, 2.24) is 10.0 Å². The SMILES string of the molecule is CC1(C)C(c2ccccn2)=[N+]([O-])[C@@H](c2ccc(Cl)cc2Cl)N1O. The highest BCUT2D eigenvalue weighted by Gasteiger charge is 2.53. The van der Waals surface area contributed by atoms with Gasteiger partial charge in [0.05, 0.1) is 10.6 Å². The van der Waals surface area contributed by atoms with E-state index in [1.807, 2.05) is 0 Å². The second-order valence-corrected chi connectivity index (χ2v) is 6.68. The number of hydrogen-bond donors (Lipinski definition) is 1. The van der Waals surface area contributed by atoms with E-state index in [4.69, 9.17) is 23.2 Å². The second-order valence-electron chi connectivity index (χ2n) is 5.83. The van der Waals surface area contributed by atoms with E-state index < -0.39 is 11.7 Å². The van der Waals surface area contributed by atoms with Gasteiger partial charge in [-0.25, -0.2) is 0 Å². The molecule has 2 heterocycles. The van der Waals surface area contributed by atoms with Gasteiger partial charge < -0.3 is 10.4 Å². The Morgan fingerprint density at radius 2 is 2.00 bits per heavy atom. The van der Waals surface area contributed by atoms with Crippen molar-refractivity contribution in [3.8, 4) is 0 Å². The molecule has 1 aliphatic rings. The molecule has 0 aliphatic carbocycles. The quantitative estimate of drug-likeness (QED) is 0.658. The van der Waals surface area contributed by atoms with E-state index in [-0.39, 0.29) is 0 Å². The lowest BCUT2D eigenvalue weighted by Crippen LogP contribution is -2.44. The molecule has 1 aromatic heterocycles. The van der Waals surface area contributed by atoms with Gasteiger partial charge in [-0.15, -0.1) is 5.06 Å². The van der Waals surface area contributed by atoms with Crippen LogP contribution >= 0.6 is 23.2 Å². The van der Waals surface area contributed by atoms with Gasteiger partial charge in [0, 0.05) is 11.2 Å². The van der Waals surface area contributed by atoms with Gasteiger partial charge in [-0.3, -0.25) is 4.98 Å². The topological polar surface area (TPSA) is 62.4 Å². The molecule has 0 fully saturated rings. The van der Waals surface area contributed by atoms with Crippen molar-refractivity contribution in [1.29, 1.82) is 0 Å². The predicted octanol–water partition coefficient (Wildman–Crippen LogP) is 3.87. The summed E-state index contributed by atoms with van der Waals surface area (Å²) in [5.74, 6) is 0. The Kier molecular flexibility index (Phi) is 4.06. The van der Waals surface area contributed by atoms with Gasteiger partial charge in [-0.05, 0) is 44.2 Å². The molecular formula is C16H15Cl2N3O2. The van der Waals surface area contributed by atoms with E-state index in [1.54, 1.807) is 56.4 Å². The molecule has 0 radical (unpaired) electrons. The van der Waals surface area contributed by atoms with E-state index in [0.717, 1.165) is 9.80 Å². The molecule has 2 aromatic rings. The van der Waals surface area contributed by atoms with Crippen molar-refractivity contribution >= 4 is 28.9 Å². The largest absolute Gasteiger partial charge is 0.622 e. The maximum absolute atomic E-state index is 12.9. The smallest absolute Gasteiger partial charge is 0.269 e. The van der Waals surface area contributed by atoms with Gasteiger partial charge in [0.1, 0.15) is 11.2 Å². The van der Waals surface area contributed by atoms with Crippen LogP contribution in [-0.4, -0.2) is 31.2 Å². The third-order valence-corrected chi connectivity index (χ3v) is 4.54. The number of hydrogen-bond acceptors (Lipinski definition) is 4. The minimum atomic E-state index is -0.966. The van der Waals surface area contributed by atoms with Crippen molar-refractivity contribution in [3.05, 3.63) is 69.1 Å². The normalized spacial score (nSPS) is 21.0. The third-order valence-electron chi connectivity index (χ3n) is 3.97. The first-order valence-electron chi connectivity index (χ1n) is 7.02. The zero-order chi connectivity index (χ0) is 16.8. The molecule has 0 bridgehead atoms. The van der Waals surface area contributed by atoms with Gasteiger partial charge in [-0.1, -0.05) is 29.3 Å². The number of benzene rings is 1. The lowest BCUT2D eigenvalue weighted by atomic mass is 9.96. The molecule has 0 unspecified atom stereocenters. The Morgan fingerprint density at radius 1 is 1.26 bits per heavy atom. The molecule has 5 nitrogen and oxygen atoms in total. The minimum absolute atomic E-state index is 0.320. The molecule has 23 heavy (non-hydrogen) atoms. The predicted molar refractivity (Wildman–Crippen MR) is 88.9 cm³/mol. The highest BCUT2D eigenvalue weighted by Crippen LogP contribution is 2.39. The number of pyridine rings is 1. The number of rotatable bonds is 2. The van der Waals surface area contributed by atoms with Crippen molar-refractivity contribution < 1.29 is 9.95 Å². The molecule has 0 saturated carbocycles. The van der Waals surface area contributed by atoms with Gasteiger partial charge in [0.15, 0.2) is 0 Å². The van der Waals surface area contributed by atoms with Crippen molar-refractivity contribution in [2.45, 2.75) is 25.6 Å². The highest BCUT2D eigenvalue weighted by molar-refractivity contribution is 6.35. The lowest BCUT2D eigenvalue weighted by Gasteiger charge is -2.25. The van der Waals surface area contributed by atoms with Crippen molar-refractivity contribution in [2.75, 3.05) is 0 Å². The molecule has 1 N–H and O–H groups in total. The fraction of sp³-hybridized carbons (Fsp3) is 0.250. The van der Waals surface area contributed by atoms with Gasteiger partial charge >= 0.3 is 0 Å². The van der Waals surface area contributed by atoms with Crippen LogP contribution in [0, 0.1) is 5.21 Å². The fourth-order valence-corrected chi connectivity index (χ4v) is 3.31. The molecule has 0 saturated heterocycles. The van der Waals surface area contributed by atoms with Crippen LogP contribution in [0.15, 0.2) is 42.6 Å². The van der Waals surface area contributed by atoms with E-state index in [1.165, 1.54) is 0 Å². The van der Waals surface area contributed by atoms with E-state index >= 15 is 0 Å². The van der Waals surface area contributed by atoms with E-state index in [2.05, 4.69) is 4.98 Å². The molecule has 0 amide bonds. The van der Waals surface area contributed by atoms with Crippen LogP contribution in [-0.2, 0) is 0 Å². The Bertz CT molecular complexity index is 778. The summed E-state index contributed by atoms with van der Waals surface area (Å²) in [7, 11) is 0. The zero-order valence-electron chi connectivity index (χ0n) is 12.6. The molecular weight excluding hydrogens is 337 g/mol. The van der Waals surface area contributed by atoms with Crippen LogP contribution < -0.4 is 0 Å². The summed E-state index contributed by atoms with van der Waals surface area (Å²) in [5.41, 5.74) is 0.437. The Hall–Kier alpha value is -1.66. The summed E-state index contributed by atoms with van der Waals surface area (Å²) in [6.45, 7) is 3.51. The molecule has 1 aliphatic heterocycles. The highest BCUT2D eigenvalue weighted by atomic mass is 35.5. The minimum Gasteiger partial charge on any atom is -0.622 e. The Balaban J connectivity index is 2.17. The van der Waals surface area contributed by atoms with Gasteiger partial charge in [-0.2, -0.15) is 4.74 Å². The number of aromatic nitrogens is 1. The molecule has 7 heteroatoms. The standard InChI is InChI=1S/C16H15Cl2N3O2/c1-16(2)14(13-5-3-4-8-19-13)20(22)15(21(16)23)11-7-6-10(17)9-12(11)18/h3-9,15,23H,1-2H3/t15-/m1/s1. The second kappa shape index (κ2) is 5.76. The van der Waals surface area contributed by atoms with Gasteiger partial charge in [0.2, 0.25) is 5.71 Å². The first-order valence-corrected chi connectivity index (χ1v) is 7.78. The Labute approximate surface area is 143 Å². The molecule has 120 valence electrons. The van der Waals surface area contributed by atoms with E-state index in [0.29, 0.717) is 27.0 Å². The van der Waals surface area contributed by atoms with Crippen LogP contribution in [0.5, 0.6) is 0 Å². The average molecular weight is 352 g/mol. The summed E-state index contributed by atoms with van der Waals surface area (Å²) >= 11 is 12.1. The molecule has 1 atom stereocenters. The number of halogens is 2. The van der Waals surface area contributed by atoms with Gasteiger partial charge in [0.25, 0.3) is 6.17 Å². The molecule has 3 rings (SSSR count). The summed E-state index contributed by atoms with van der Waals surface area (Å²) in [4.78, 5) is 4.24. The Morgan fingerprint density at radius 3 is 2.61 bits per heavy atom. The maximum Gasteiger partial charge on any atom is 0.269 e. The monoisotopic (exact) mass is 351 g/mol. The summed E-state index contributed by atoms with van der Waals surface area (Å²) < 4.78 is 0.747. The summed E-state index contributed by atoms with van der Waals surface area (Å²) in [5, 5.41) is 25.3. The summed E-state index contributed by atoms with van der Waals surface area (Å²) in [6, 6.07) is 10.1. The third kappa shape index (κ3) is 2.60. The average Bonchev–Trinajstić information content (AvgIpc) is 2.67. The number of hydroxylamine groups is 3. The maximum atomic E-state index is 12.9. The van der Waals surface area contributed by atoms with Crippen LogP contribution in [0.3, 0.4) is 0 Å². The van der Waals surface area contributed by atoms with Crippen LogP contribution in [0.1, 0.15) is 31.3 Å². The summed E-state index contributed by atoms with van der Waals surface area (Å²) in [6.07, 6.45) is 0.642. The van der Waals surface area contributed by atoms with Crippen LogP contribution in [0.2, 0.25) is 10.0 Å². The molecule has 1 aromatic carbocycles.